The molecule has 55 valence electrons. The van der Waals surface area contributed by atoms with Crippen LogP contribution in [0.25, 0.3) is 0 Å². The van der Waals surface area contributed by atoms with E-state index in [4.69, 9.17) is 15.3 Å². The summed E-state index contributed by atoms with van der Waals surface area (Å²) in [4.78, 5) is 0. The molecule has 0 bridgehead atoms. The molecule has 0 saturated carbocycles. The van der Waals surface area contributed by atoms with E-state index in [-0.39, 0.29) is 6.61 Å². The van der Waals surface area contributed by atoms with Gasteiger partial charge in [0.05, 0.1) is 18.8 Å². The minimum atomic E-state index is -0.889. The fourth-order valence-electron chi connectivity index (χ4n) is 0.453. The summed E-state index contributed by atoms with van der Waals surface area (Å²) >= 11 is 0. The SMILES string of the molecule is CCC(O)[CH]C(O)CO. The average molecular weight is 133 g/mol. The lowest BCUT2D eigenvalue weighted by Gasteiger charge is -2.09. The fourth-order valence-corrected chi connectivity index (χ4v) is 0.453. The Balaban J connectivity index is 3.22. The van der Waals surface area contributed by atoms with Crippen LogP contribution in [0, 0.1) is 6.42 Å². The number of aliphatic hydroxyl groups is 3. The fraction of sp³-hybridized carbons (Fsp3) is 0.833. The van der Waals surface area contributed by atoms with Gasteiger partial charge in [0, 0.05) is 6.42 Å². The van der Waals surface area contributed by atoms with Crippen molar-refractivity contribution >= 4 is 0 Å². The zero-order chi connectivity index (χ0) is 7.28. The zero-order valence-corrected chi connectivity index (χ0v) is 5.49. The quantitative estimate of drug-likeness (QED) is 0.476. The smallest absolute Gasteiger partial charge is 0.0828 e. The first-order valence-electron chi connectivity index (χ1n) is 3.02. The highest BCUT2D eigenvalue weighted by Gasteiger charge is 2.08. The number of hydrogen-bond donors (Lipinski definition) is 3. The second-order valence-electron chi connectivity index (χ2n) is 1.92. The van der Waals surface area contributed by atoms with Gasteiger partial charge in [-0.1, -0.05) is 6.92 Å². The summed E-state index contributed by atoms with van der Waals surface area (Å²) < 4.78 is 0. The van der Waals surface area contributed by atoms with E-state index in [0.29, 0.717) is 6.42 Å². The van der Waals surface area contributed by atoms with Crippen LogP contribution in [0.4, 0.5) is 0 Å². The molecule has 2 atom stereocenters. The lowest BCUT2D eigenvalue weighted by molar-refractivity contribution is 0.0865. The Bertz CT molecular complexity index is 57.3. The lowest BCUT2D eigenvalue weighted by Crippen LogP contribution is -2.20. The summed E-state index contributed by atoms with van der Waals surface area (Å²) in [7, 11) is 0. The summed E-state index contributed by atoms with van der Waals surface area (Å²) in [5.74, 6) is 0. The molecule has 3 heteroatoms. The van der Waals surface area contributed by atoms with Gasteiger partial charge in [0.15, 0.2) is 0 Å². The molecule has 3 N–H and O–H groups in total. The normalized spacial score (nSPS) is 17.3. The van der Waals surface area contributed by atoms with Crippen LogP contribution in [0.3, 0.4) is 0 Å². The van der Waals surface area contributed by atoms with Crippen molar-refractivity contribution in [3.63, 3.8) is 0 Å². The van der Waals surface area contributed by atoms with Crippen LogP contribution in [0.5, 0.6) is 0 Å². The van der Waals surface area contributed by atoms with Gasteiger partial charge in [-0.05, 0) is 6.42 Å². The van der Waals surface area contributed by atoms with Gasteiger partial charge in [0.1, 0.15) is 0 Å². The number of rotatable bonds is 4. The van der Waals surface area contributed by atoms with E-state index < -0.39 is 12.2 Å². The maximum atomic E-state index is 8.83. The molecule has 0 spiro atoms. The molecule has 0 heterocycles. The average Bonchev–Trinajstić information content (AvgIpc) is 1.87. The largest absolute Gasteiger partial charge is 0.394 e. The van der Waals surface area contributed by atoms with Gasteiger partial charge in [-0.15, -0.1) is 0 Å². The Hall–Kier alpha value is -0.120. The van der Waals surface area contributed by atoms with Crippen molar-refractivity contribution in [1.82, 2.24) is 0 Å². The van der Waals surface area contributed by atoms with Crippen LogP contribution in [0.1, 0.15) is 13.3 Å². The first-order chi connectivity index (χ1) is 4.20. The summed E-state index contributed by atoms with van der Waals surface area (Å²) in [6.07, 6.45) is 0.379. The van der Waals surface area contributed by atoms with Crippen LogP contribution in [0.15, 0.2) is 0 Å². The number of hydrogen-bond acceptors (Lipinski definition) is 3. The highest BCUT2D eigenvalue weighted by atomic mass is 16.3. The molecule has 0 saturated heterocycles. The first kappa shape index (κ1) is 8.88. The molecule has 0 amide bonds. The zero-order valence-electron chi connectivity index (χ0n) is 5.49. The van der Waals surface area contributed by atoms with Gasteiger partial charge in [-0.25, -0.2) is 0 Å². The van der Waals surface area contributed by atoms with Crippen molar-refractivity contribution in [3.8, 4) is 0 Å². The van der Waals surface area contributed by atoms with Gasteiger partial charge in [-0.2, -0.15) is 0 Å². The molecule has 0 aromatic heterocycles. The highest BCUT2D eigenvalue weighted by molar-refractivity contribution is 4.81. The monoisotopic (exact) mass is 133 g/mol. The van der Waals surface area contributed by atoms with E-state index in [1.54, 1.807) is 6.92 Å². The summed E-state index contributed by atoms with van der Waals surface area (Å²) in [6.45, 7) is 1.47. The van der Waals surface area contributed by atoms with Crippen LogP contribution in [0.2, 0.25) is 0 Å². The third kappa shape index (κ3) is 4.39. The van der Waals surface area contributed by atoms with E-state index in [1.807, 2.05) is 0 Å². The maximum absolute atomic E-state index is 8.83. The predicted molar refractivity (Wildman–Crippen MR) is 33.7 cm³/mol. The maximum Gasteiger partial charge on any atom is 0.0828 e. The van der Waals surface area contributed by atoms with Gasteiger partial charge in [0.2, 0.25) is 0 Å². The summed E-state index contributed by atoms with van der Waals surface area (Å²) in [5.41, 5.74) is 0. The van der Waals surface area contributed by atoms with Crippen molar-refractivity contribution in [3.05, 3.63) is 6.42 Å². The Morgan fingerprint density at radius 1 is 1.33 bits per heavy atom. The standard InChI is InChI=1S/C6H13O3/c1-2-5(8)3-6(9)4-7/h3,5-9H,2,4H2,1H3. The second-order valence-corrected chi connectivity index (χ2v) is 1.92. The third-order valence-electron chi connectivity index (χ3n) is 1.05. The summed E-state index contributed by atoms with van der Waals surface area (Å²) in [6, 6.07) is 0. The van der Waals surface area contributed by atoms with Crippen molar-refractivity contribution in [1.29, 1.82) is 0 Å². The van der Waals surface area contributed by atoms with Crippen molar-refractivity contribution in [2.45, 2.75) is 25.6 Å². The molecule has 0 aromatic carbocycles. The van der Waals surface area contributed by atoms with Crippen LogP contribution < -0.4 is 0 Å². The van der Waals surface area contributed by atoms with Crippen LogP contribution >= 0.6 is 0 Å². The first-order valence-corrected chi connectivity index (χ1v) is 3.02. The van der Waals surface area contributed by atoms with Gasteiger partial charge >= 0.3 is 0 Å². The molecule has 0 aliphatic carbocycles. The molecule has 0 aromatic rings. The molecule has 3 nitrogen and oxygen atoms in total. The third-order valence-corrected chi connectivity index (χ3v) is 1.05. The molecule has 0 fully saturated rings. The van der Waals surface area contributed by atoms with Crippen LogP contribution in [-0.4, -0.2) is 34.1 Å². The molecule has 1 radical (unpaired) electrons. The van der Waals surface area contributed by atoms with Gasteiger partial charge < -0.3 is 15.3 Å². The highest BCUT2D eigenvalue weighted by Crippen LogP contribution is 1.98. The lowest BCUT2D eigenvalue weighted by atomic mass is 10.1. The molecule has 0 rings (SSSR count). The molecule has 0 aliphatic heterocycles. The second kappa shape index (κ2) is 4.73. The topological polar surface area (TPSA) is 60.7 Å². The van der Waals surface area contributed by atoms with Crippen LogP contribution in [-0.2, 0) is 0 Å². The van der Waals surface area contributed by atoms with E-state index in [0.717, 1.165) is 0 Å². The molecule has 9 heavy (non-hydrogen) atoms. The Kier molecular flexibility index (Phi) is 4.67. The molecular weight excluding hydrogens is 120 g/mol. The van der Waals surface area contributed by atoms with Gasteiger partial charge in [-0.3, -0.25) is 0 Å². The Morgan fingerprint density at radius 3 is 2.22 bits per heavy atom. The van der Waals surface area contributed by atoms with E-state index >= 15 is 0 Å². The van der Waals surface area contributed by atoms with Crippen molar-refractivity contribution < 1.29 is 15.3 Å². The van der Waals surface area contributed by atoms with E-state index in [1.165, 1.54) is 6.42 Å². The molecular formula is C6H13O3. The summed E-state index contributed by atoms with van der Waals surface area (Å²) in [5, 5.41) is 25.8. The Morgan fingerprint density at radius 2 is 1.89 bits per heavy atom. The van der Waals surface area contributed by atoms with Crippen molar-refractivity contribution in [2.24, 2.45) is 0 Å². The van der Waals surface area contributed by atoms with Gasteiger partial charge in [0.25, 0.3) is 0 Å². The number of aliphatic hydroxyl groups excluding tert-OH is 3. The molecule has 0 aliphatic rings. The van der Waals surface area contributed by atoms with E-state index in [2.05, 4.69) is 0 Å². The molecule has 2 unspecified atom stereocenters. The van der Waals surface area contributed by atoms with Crippen molar-refractivity contribution in [2.75, 3.05) is 6.61 Å². The minimum absolute atomic E-state index is 0.322. The minimum Gasteiger partial charge on any atom is -0.394 e. The van der Waals surface area contributed by atoms with E-state index in [9.17, 15) is 0 Å². The Labute approximate surface area is 54.9 Å². The predicted octanol–water partition coefficient (Wildman–Crippen LogP) is -0.685.